The fourth-order valence-corrected chi connectivity index (χ4v) is 7.96. The highest BCUT2D eigenvalue weighted by Crippen LogP contribution is 2.45. The first-order valence-electron chi connectivity index (χ1n) is 19.8. The van der Waals surface area contributed by atoms with Crippen LogP contribution in [0.3, 0.4) is 0 Å². The molecule has 0 bridgehead atoms. The van der Waals surface area contributed by atoms with Crippen molar-refractivity contribution in [2.75, 3.05) is 63.8 Å². The average molecular weight is 809 g/mol. The van der Waals surface area contributed by atoms with Crippen molar-refractivity contribution in [2.24, 2.45) is 5.92 Å². The quantitative estimate of drug-likeness (QED) is 0.117. The SMILES string of the molecule is COC(=O)CN(CCNCC(=O)OC(C)(C)C)C1CCC(CN(C)c2ccc(N3C(=O)Cc4cc(OC)c(OC(C)C)cc4[C@@H]3c3ccc(Cl)cc3)c(F)c2)CC1. The van der Waals surface area contributed by atoms with Gasteiger partial charge in [-0.05, 0) is 125 Å². The Balaban J connectivity index is 1.27. The monoisotopic (exact) mass is 808 g/mol. The maximum absolute atomic E-state index is 16.4. The van der Waals surface area contributed by atoms with Crippen LogP contribution < -0.4 is 24.6 Å². The van der Waals surface area contributed by atoms with Crippen LogP contribution in [0.25, 0.3) is 0 Å². The van der Waals surface area contributed by atoms with E-state index in [-0.39, 0.29) is 55.2 Å². The Morgan fingerprint density at radius 2 is 1.68 bits per heavy atom. The van der Waals surface area contributed by atoms with E-state index in [9.17, 15) is 14.4 Å². The zero-order valence-electron chi connectivity index (χ0n) is 34.5. The maximum atomic E-state index is 16.4. The van der Waals surface area contributed by atoms with Crippen LogP contribution in [0.5, 0.6) is 11.5 Å². The minimum absolute atomic E-state index is 0.0706. The highest BCUT2D eigenvalue weighted by Gasteiger charge is 2.37. The van der Waals surface area contributed by atoms with Gasteiger partial charge in [-0.2, -0.15) is 0 Å². The molecule has 1 saturated carbocycles. The summed E-state index contributed by atoms with van der Waals surface area (Å²) in [5, 5.41) is 3.70. The first kappa shape index (κ1) is 43.7. The molecule has 1 N–H and O–H groups in total. The number of ether oxygens (including phenoxy) is 4. The number of fused-ring (bicyclic) bond motifs is 1. The minimum Gasteiger partial charge on any atom is -0.493 e. The van der Waals surface area contributed by atoms with E-state index in [0.29, 0.717) is 41.2 Å². The zero-order chi connectivity index (χ0) is 41.4. The van der Waals surface area contributed by atoms with Crippen LogP contribution in [0.15, 0.2) is 54.6 Å². The summed E-state index contributed by atoms with van der Waals surface area (Å²) in [6, 6.07) is 15.7. The maximum Gasteiger partial charge on any atom is 0.320 e. The van der Waals surface area contributed by atoms with Gasteiger partial charge in [0.2, 0.25) is 5.91 Å². The van der Waals surface area contributed by atoms with Crippen LogP contribution in [0, 0.1) is 11.7 Å². The molecule has 0 saturated heterocycles. The molecule has 3 aromatic rings. The van der Waals surface area contributed by atoms with Gasteiger partial charge in [0, 0.05) is 43.4 Å². The Bertz CT molecular complexity index is 1860. The van der Waals surface area contributed by atoms with Gasteiger partial charge >= 0.3 is 11.9 Å². The Morgan fingerprint density at radius 1 is 0.982 bits per heavy atom. The van der Waals surface area contributed by atoms with Gasteiger partial charge < -0.3 is 29.2 Å². The number of halogens is 2. The number of rotatable bonds is 16. The summed E-state index contributed by atoms with van der Waals surface area (Å²) in [6.07, 6.45) is 3.63. The number of esters is 2. The number of hydrogen-bond donors (Lipinski definition) is 1. The van der Waals surface area contributed by atoms with E-state index >= 15 is 4.39 Å². The normalized spacial score (nSPS) is 18.4. The third-order valence-corrected chi connectivity index (χ3v) is 10.7. The van der Waals surface area contributed by atoms with Crippen LogP contribution in [0.1, 0.15) is 83.0 Å². The van der Waals surface area contributed by atoms with Crippen molar-refractivity contribution in [1.82, 2.24) is 10.2 Å². The number of nitrogens with one attached hydrogen (secondary N) is 1. The number of carbonyl (C=O) groups is 3. The Kier molecular flexibility index (Phi) is 14.9. The molecule has 1 fully saturated rings. The van der Waals surface area contributed by atoms with E-state index in [0.717, 1.165) is 48.9 Å². The summed E-state index contributed by atoms with van der Waals surface area (Å²) in [6.45, 7) is 11.5. The molecule has 0 radical (unpaired) electrons. The number of amides is 1. The molecule has 57 heavy (non-hydrogen) atoms. The summed E-state index contributed by atoms with van der Waals surface area (Å²) < 4.78 is 38.5. The molecule has 2 aliphatic rings. The second-order valence-electron chi connectivity index (χ2n) is 16.3. The van der Waals surface area contributed by atoms with Crippen molar-refractivity contribution < 1.29 is 37.7 Å². The Hall–Kier alpha value is -4.39. The van der Waals surface area contributed by atoms with E-state index in [1.54, 1.807) is 30.2 Å². The van der Waals surface area contributed by atoms with Gasteiger partial charge in [0.15, 0.2) is 11.5 Å². The topological polar surface area (TPSA) is 110 Å². The number of carbonyl (C=O) groups excluding carboxylic acids is 3. The summed E-state index contributed by atoms with van der Waals surface area (Å²) in [7, 11) is 4.92. The molecular formula is C44H58ClFN4O7. The van der Waals surface area contributed by atoms with Crippen LogP contribution in [-0.4, -0.2) is 94.5 Å². The average Bonchev–Trinajstić information content (AvgIpc) is 3.15. The molecule has 0 aromatic heterocycles. The second-order valence-corrected chi connectivity index (χ2v) is 16.7. The fraction of sp³-hybridized carbons (Fsp3) is 0.523. The molecule has 1 atom stereocenters. The van der Waals surface area contributed by atoms with Crippen molar-refractivity contribution in [3.8, 4) is 11.5 Å². The van der Waals surface area contributed by atoms with E-state index in [1.807, 2.05) is 72.0 Å². The lowest BCUT2D eigenvalue weighted by molar-refractivity contribution is -0.153. The molecule has 0 spiro atoms. The fourth-order valence-electron chi connectivity index (χ4n) is 7.83. The second kappa shape index (κ2) is 19.4. The molecule has 310 valence electrons. The lowest BCUT2D eigenvalue weighted by Crippen LogP contribution is -2.46. The van der Waals surface area contributed by atoms with Crippen molar-refractivity contribution in [3.63, 3.8) is 0 Å². The molecule has 1 amide bonds. The molecule has 1 aliphatic heterocycles. The molecule has 3 aromatic carbocycles. The molecule has 5 rings (SSSR count). The first-order valence-corrected chi connectivity index (χ1v) is 20.1. The highest BCUT2D eigenvalue weighted by atomic mass is 35.5. The van der Waals surface area contributed by atoms with Crippen molar-refractivity contribution in [1.29, 1.82) is 0 Å². The molecule has 11 nitrogen and oxygen atoms in total. The van der Waals surface area contributed by atoms with Gasteiger partial charge in [0.1, 0.15) is 11.4 Å². The van der Waals surface area contributed by atoms with Gasteiger partial charge in [-0.15, -0.1) is 0 Å². The zero-order valence-corrected chi connectivity index (χ0v) is 35.3. The molecule has 1 aliphatic carbocycles. The Labute approximate surface area is 341 Å². The molecule has 1 heterocycles. The predicted octanol–water partition coefficient (Wildman–Crippen LogP) is 7.35. The predicted molar refractivity (Wildman–Crippen MR) is 221 cm³/mol. The first-order chi connectivity index (χ1) is 27.1. The standard InChI is InChI=1S/C44H58ClFN4O7/c1-28(2)56-39-24-35-31(21-38(39)54-7)22-40(51)50(43(35)30-11-13-32(45)14-12-30)37-18-17-34(23-36(37)46)48(6)26-29-9-15-33(16-10-29)49(27-42(53)55-8)20-19-47-25-41(52)57-44(3,4)5/h11-14,17-18,21,23-24,28-29,33,43,47H,9-10,15-16,19-20,22,25-27H2,1-8H3/t29?,33?,43-/m0/s1. The van der Waals surface area contributed by atoms with Gasteiger partial charge in [-0.1, -0.05) is 23.7 Å². The van der Waals surface area contributed by atoms with E-state index in [1.165, 1.54) is 13.2 Å². The number of benzene rings is 3. The van der Waals surface area contributed by atoms with Crippen LogP contribution >= 0.6 is 11.6 Å². The summed E-state index contributed by atoms with van der Waals surface area (Å²) in [5.74, 6) is 0.107. The van der Waals surface area contributed by atoms with E-state index in [4.69, 9.17) is 30.5 Å². The number of methoxy groups -OCH3 is 2. The summed E-state index contributed by atoms with van der Waals surface area (Å²) >= 11 is 6.27. The van der Waals surface area contributed by atoms with Gasteiger partial charge in [-0.3, -0.25) is 24.2 Å². The van der Waals surface area contributed by atoms with E-state index < -0.39 is 17.5 Å². The lowest BCUT2D eigenvalue weighted by atomic mass is 9.85. The number of hydrogen-bond acceptors (Lipinski definition) is 10. The third-order valence-electron chi connectivity index (χ3n) is 10.5. The summed E-state index contributed by atoms with van der Waals surface area (Å²) in [5.41, 5.74) is 2.76. The molecule has 13 heteroatoms. The molecular weight excluding hydrogens is 751 g/mol. The molecule has 0 unspecified atom stereocenters. The summed E-state index contributed by atoms with van der Waals surface area (Å²) in [4.78, 5) is 44.2. The lowest BCUT2D eigenvalue weighted by Gasteiger charge is -2.39. The van der Waals surface area contributed by atoms with Crippen LogP contribution in [-0.2, 0) is 30.3 Å². The van der Waals surface area contributed by atoms with Crippen molar-refractivity contribution in [2.45, 2.75) is 90.5 Å². The smallest absolute Gasteiger partial charge is 0.320 e. The van der Waals surface area contributed by atoms with Crippen molar-refractivity contribution in [3.05, 3.63) is 82.1 Å². The largest absolute Gasteiger partial charge is 0.493 e. The highest BCUT2D eigenvalue weighted by molar-refractivity contribution is 6.30. The van der Waals surface area contributed by atoms with Gasteiger partial charge in [-0.25, -0.2) is 4.39 Å². The van der Waals surface area contributed by atoms with Crippen molar-refractivity contribution >= 4 is 40.8 Å². The number of anilines is 2. The van der Waals surface area contributed by atoms with Crippen LogP contribution in [0.2, 0.25) is 5.02 Å². The van der Waals surface area contributed by atoms with E-state index in [2.05, 4.69) is 15.1 Å². The minimum atomic E-state index is -0.633. The van der Waals surface area contributed by atoms with Crippen LogP contribution in [0.4, 0.5) is 15.8 Å². The third kappa shape index (κ3) is 11.6. The Morgan fingerprint density at radius 3 is 2.30 bits per heavy atom. The van der Waals surface area contributed by atoms with Gasteiger partial charge in [0.05, 0.1) is 51.6 Å². The van der Waals surface area contributed by atoms with Gasteiger partial charge in [0.25, 0.3) is 0 Å². The number of nitrogens with zero attached hydrogens (tertiary/aromatic N) is 3.